The highest BCUT2D eigenvalue weighted by atomic mass is 16.5. The topological polar surface area (TPSA) is 55.4 Å². The SMILES string of the molecule is CCCCC[C@H](NC(=O)CCOCCC)C(C)=O. The Morgan fingerprint density at radius 1 is 1.11 bits per heavy atom. The van der Waals surface area contributed by atoms with Crippen LogP contribution in [0.1, 0.15) is 59.3 Å². The normalized spacial score (nSPS) is 12.2. The van der Waals surface area contributed by atoms with Crippen LogP contribution < -0.4 is 5.32 Å². The molecule has 1 atom stereocenters. The van der Waals surface area contributed by atoms with Gasteiger partial charge in [-0.1, -0.05) is 33.1 Å². The van der Waals surface area contributed by atoms with E-state index in [0.29, 0.717) is 19.6 Å². The van der Waals surface area contributed by atoms with Gasteiger partial charge in [0.1, 0.15) is 0 Å². The van der Waals surface area contributed by atoms with Crippen molar-refractivity contribution in [3.05, 3.63) is 0 Å². The minimum absolute atomic E-state index is 0.0360. The summed E-state index contributed by atoms with van der Waals surface area (Å²) in [6.07, 6.45) is 5.22. The largest absolute Gasteiger partial charge is 0.381 e. The van der Waals surface area contributed by atoms with Gasteiger partial charge in [0.15, 0.2) is 5.78 Å². The number of amides is 1. The van der Waals surface area contributed by atoms with Crippen molar-refractivity contribution in [2.45, 2.75) is 65.3 Å². The summed E-state index contributed by atoms with van der Waals surface area (Å²) in [6.45, 7) is 6.79. The van der Waals surface area contributed by atoms with E-state index >= 15 is 0 Å². The van der Waals surface area contributed by atoms with Crippen LogP contribution in [0, 0.1) is 0 Å². The van der Waals surface area contributed by atoms with E-state index in [0.717, 1.165) is 32.1 Å². The Morgan fingerprint density at radius 2 is 1.83 bits per heavy atom. The van der Waals surface area contributed by atoms with Crippen LogP contribution >= 0.6 is 0 Å². The number of rotatable bonds is 11. The molecule has 0 spiro atoms. The number of hydrogen-bond donors (Lipinski definition) is 1. The smallest absolute Gasteiger partial charge is 0.222 e. The van der Waals surface area contributed by atoms with Gasteiger partial charge in [-0.25, -0.2) is 0 Å². The van der Waals surface area contributed by atoms with Gasteiger partial charge in [0, 0.05) is 13.0 Å². The number of ketones is 1. The Bertz CT molecular complexity index is 241. The zero-order valence-electron chi connectivity index (χ0n) is 12.0. The summed E-state index contributed by atoms with van der Waals surface area (Å²) in [5.41, 5.74) is 0. The van der Waals surface area contributed by atoms with Gasteiger partial charge in [-0.05, 0) is 19.8 Å². The number of hydrogen-bond acceptors (Lipinski definition) is 3. The van der Waals surface area contributed by atoms with Crippen LogP contribution in [0.5, 0.6) is 0 Å². The molecule has 0 radical (unpaired) electrons. The Labute approximate surface area is 110 Å². The lowest BCUT2D eigenvalue weighted by Crippen LogP contribution is -2.40. The third kappa shape index (κ3) is 9.16. The minimum Gasteiger partial charge on any atom is -0.381 e. The summed E-state index contributed by atoms with van der Waals surface area (Å²) in [5.74, 6) is -0.0586. The van der Waals surface area contributed by atoms with Gasteiger partial charge in [0.2, 0.25) is 5.91 Å². The van der Waals surface area contributed by atoms with Crippen molar-refractivity contribution in [1.29, 1.82) is 0 Å². The van der Waals surface area contributed by atoms with E-state index < -0.39 is 0 Å². The molecule has 0 aliphatic carbocycles. The average Bonchev–Trinajstić information content (AvgIpc) is 2.33. The summed E-state index contributed by atoms with van der Waals surface area (Å²) < 4.78 is 5.25. The first kappa shape index (κ1) is 17.1. The summed E-state index contributed by atoms with van der Waals surface area (Å²) >= 11 is 0. The first-order chi connectivity index (χ1) is 8.61. The molecule has 0 aromatic carbocycles. The fourth-order valence-electron chi connectivity index (χ4n) is 1.65. The first-order valence-electron chi connectivity index (χ1n) is 6.99. The highest BCUT2D eigenvalue weighted by Gasteiger charge is 2.16. The number of carbonyl (C=O) groups is 2. The predicted molar refractivity (Wildman–Crippen MR) is 72.5 cm³/mol. The van der Waals surface area contributed by atoms with Crippen LogP contribution in [0.3, 0.4) is 0 Å². The monoisotopic (exact) mass is 257 g/mol. The van der Waals surface area contributed by atoms with Crippen LogP contribution in [0.2, 0.25) is 0 Å². The van der Waals surface area contributed by atoms with Crippen molar-refractivity contribution in [2.24, 2.45) is 0 Å². The van der Waals surface area contributed by atoms with Crippen LogP contribution in [0.15, 0.2) is 0 Å². The molecule has 0 rings (SSSR count). The zero-order chi connectivity index (χ0) is 13.8. The molecule has 0 saturated heterocycles. The predicted octanol–water partition coefficient (Wildman–Crippen LogP) is 2.46. The fraction of sp³-hybridized carbons (Fsp3) is 0.857. The number of unbranched alkanes of at least 4 members (excludes halogenated alkanes) is 2. The van der Waals surface area contributed by atoms with Crippen LogP contribution in [-0.2, 0) is 14.3 Å². The van der Waals surface area contributed by atoms with Gasteiger partial charge in [0.25, 0.3) is 0 Å². The Morgan fingerprint density at radius 3 is 2.39 bits per heavy atom. The lowest BCUT2D eigenvalue weighted by Gasteiger charge is -2.15. The number of ether oxygens (including phenoxy) is 1. The molecule has 0 bridgehead atoms. The van der Waals surface area contributed by atoms with Crippen LogP contribution in [0.25, 0.3) is 0 Å². The molecular weight excluding hydrogens is 230 g/mol. The zero-order valence-corrected chi connectivity index (χ0v) is 12.0. The highest BCUT2D eigenvalue weighted by molar-refractivity contribution is 5.87. The van der Waals surface area contributed by atoms with E-state index in [4.69, 9.17) is 4.74 Å². The molecule has 0 saturated carbocycles. The maximum absolute atomic E-state index is 11.6. The second-order valence-electron chi connectivity index (χ2n) is 4.59. The lowest BCUT2D eigenvalue weighted by molar-refractivity contribution is -0.127. The summed E-state index contributed by atoms with van der Waals surface area (Å²) in [6, 6.07) is -0.324. The molecule has 4 nitrogen and oxygen atoms in total. The van der Waals surface area contributed by atoms with E-state index in [1.807, 2.05) is 6.92 Å². The number of carbonyl (C=O) groups excluding carboxylic acids is 2. The highest BCUT2D eigenvalue weighted by Crippen LogP contribution is 2.04. The van der Waals surface area contributed by atoms with E-state index in [1.54, 1.807) is 0 Å². The third-order valence-electron chi connectivity index (χ3n) is 2.74. The first-order valence-corrected chi connectivity index (χ1v) is 6.99. The molecule has 0 heterocycles. The molecule has 0 unspecified atom stereocenters. The molecule has 0 fully saturated rings. The Kier molecular flexibility index (Phi) is 10.6. The number of nitrogens with one attached hydrogen (secondary N) is 1. The average molecular weight is 257 g/mol. The second kappa shape index (κ2) is 11.2. The molecule has 4 heteroatoms. The van der Waals surface area contributed by atoms with E-state index in [1.165, 1.54) is 6.92 Å². The number of Topliss-reactive ketones (excluding diaryl/α,β-unsaturated/α-hetero) is 1. The fourth-order valence-corrected chi connectivity index (χ4v) is 1.65. The summed E-state index contributed by atoms with van der Waals surface area (Å²) in [4.78, 5) is 23.0. The van der Waals surface area contributed by atoms with Gasteiger partial charge >= 0.3 is 0 Å². The van der Waals surface area contributed by atoms with Gasteiger partial charge in [-0.3, -0.25) is 9.59 Å². The van der Waals surface area contributed by atoms with E-state index in [2.05, 4.69) is 12.2 Å². The van der Waals surface area contributed by atoms with Crippen molar-refractivity contribution in [3.63, 3.8) is 0 Å². The third-order valence-corrected chi connectivity index (χ3v) is 2.74. The lowest BCUT2D eigenvalue weighted by atomic mass is 10.1. The maximum Gasteiger partial charge on any atom is 0.222 e. The standard InChI is InChI=1S/C14H27NO3/c1-4-6-7-8-13(12(3)16)15-14(17)9-11-18-10-5-2/h13H,4-11H2,1-3H3,(H,15,17)/t13-/m0/s1. The Hall–Kier alpha value is -0.900. The Balaban J connectivity index is 3.85. The van der Waals surface area contributed by atoms with E-state index in [-0.39, 0.29) is 17.7 Å². The molecule has 0 aliphatic heterocycles. The van der Waals surface area contributed by atoms with Crippen LogP contribution in [-0.4, -0.2) is 30.9 Å². The van der Waals surface area contributed by atoms with Crippen LogP contribution in [0.4, 0.5) is 0 Å². The molecule has 106 valence electrons. The van der Waals surface area contributed by atoms with Crippen molar-refractivity contribution in [1.82, 2.24) is 5.32 Å². The van der Waals surface area contributed by atoms with Gasteiger partial charge in [-0.2, -0.15) is 0 Å². The molecule has 1 N–H and O–H groups in total. The summed E-state index contributed by atoms with van der Waals surface area (Å²) in [7, 11) is 0. The maximum atomic E-state index is 11.6. The minimum atomic E-state index is -0.324. The van der Waals surface area contributed by atoms with Gasteiger partial charge in [-0.15, -0.1) is 0 Å². The molecular formula is C14H27NO3. The van der Waals surface area contributed by atoms with Gasteiger partial charge in [0.05, 0.1) is 12.6 Å². The molecule has 0 aromatic heterocycles. The summed E-state index contributed by atoms with van der Waals surface area (Å²) in [5, 5.41) is 2.78. The van der Waals surface area contributed by atoms with Gasteiger partial charge < -0.3 is 10.1 Å². The second-order valence-corrected chi connectivity index (χ2v) is 4.59. The molecule has 0 aliphatic rings. The van der Waals surface area contributed by atoms with E-state index in [9.17, 15) is 9.59 Å². The molecule has 18 heavy (non-hydrogen) atoms. The molecule has 0 aromatic rings. The van der Waals surface area contributed by atoms with Crippen molar-refractivity contribution >= 4 is 11.7 Å². The van der Waals surface area contributed by atoms with Crippen molar-refractivity contribution in [2.75, 3.05) is 13.2 Å². The van der Waals surface area contributed by atoms with Crippen molar-refractivity contribution in [3.8, 4) is 0 Å². The molecule has 1 amide bonds. The quantitative estimate of drug-likeness (QED) is 0.578. The van der Waals surface area contributed by atoms with Crippen molar-refractivity contribution < 1.29 is 14.3 Å².